The molecule has 0 aliphatic rings. The Morgan fingerprint density at radius 1 is 1.18 bits per heavy atom. The molecule has 1 atom stereocenters. The van der Waals surface area contributed by atoms with Gasteiger partial charge in [0.15, 0.2) is 11.5 Å². The quantitative estimate of drug-likeness (QED) is 0.658. The third-order valence-corrected chi connectivity index (χ3v) is 2.91. The van der Waals surface area contributed by atoms with Crippen LogP contribution in [0.2, 0.25) is 0 Å². The number of oxazole rings is 1. The second-order valence-corrected chi connectivity index (χ2v) is 4.29. The molecular formula is C13H10ClNO2. The van der Waals surface area contributed by atoms with Crippen molar-refractivity contribution in [2.75, 3.05) is 0 Å². The molecule has 0 spiro atoms. The summed E-state index contributed by atoms with van der Waals surface area (Å²) in [5.41, 5.74) is 1.64. The van der Waals surface area contributed by atoms with Crippen LogP contribution >= 0.6 is 11.6 Å². The molecule has 0 radical (unpaired) electrons. The maximum Gasteiger partial charge on any atom is 0.197 e. The Kier molecular flexibility index (Phi) is 2.61. The fourth-order valence-electron chi connectivity index (χ4n) is 1.73. The van der Waals surface area contributed by atoms with E-state index >= 15 is 0 Å². The van der Waals surface area contributed by atoms with Crippen molar-refractivity contribution in [2.45, 2.75) is 11.8 Å². The number of alkyl halides is 1. The first-order valence-corrected chi connectivity index (χ1v) is 5.78. The lowest BCUT2D eigenvalue weighted by Crippen LogP contribution is -1.94. The molecule has 0 aliphatic heterocycles. The third kappa shape index (κ3) is 2.06. The summed E-state index contributed by atoms with van der Waals surface area (Å²) < 4.78 is 10.8. The number of para-hydroxylation sites is 2. The van der Waals surface area contributed by atoms with Crippen LogP contribution in [0.15, 0.2) is 51.5 Å². The van der Waals surface area contributed by atoms with Gasteiger partial charge in [-0.3, -0.25) is 0 Å². The summed E-state index contributed by atoms with van der Waals surface area (Å²) in [6.07, 6.45) is 2.13. The van der Waals surface area contributed by atoms with E-state index in [0.29, 0.717) is 12.3 Å². The monoisotopic (exact) mass is 247 g/mol. The van der Waals surface area contributed by atoms with Crippen LogP contribution in [0.1, 0.15) is 17.0 Å². The van der Waals surface area contributed by atoms with Gasteiger partial charge in [0, 0.05) is 6.42 Å². The van der Waals surface area contributed by atoms with Crippen LogP contribution in [-0.2, 0) is 6.42 Å². The van der Waals surface area contributed by atoms with Crippen LogP contribution < -0.4 is 0 Å². The Labute approximate surface area is 103 Å². The lowest BCUT2D eigenvalue weighted by atomic mass is 10.2. The molecule has 4 heteroatoms. The molecule has 1 aromatic carbocycles. The minimum absolute atomic E-state index is 0.252. The van der Waals surface area contributed by atoms with Crippen LogP contribution in [0.25, 0.3) is 11.1 Å². The van der Waals surface area contributed by atoms with E-state index in [-0.39, 0.29) is 5.38 Å². The van der Waals surface area contributed by atoms with Gasteiger partial charge in [-0.15, -0.1) is 11.6 Å². The Morgan fingerprint density at radius 3 is 2.82 bits per heavy atom. The topological polar surface area (TPSA) is 39.2 Å². The van der Waals surface area contributed by atoms with Gasteiger partial charge in [0.25, 0.3) is 0 Å². The molecule has 2 heterocycles. The summed E-state index contributed by atoms with van der Waals surface area (Å²) in [5.74, 6) is 1.36. The summed E-state index contributed by atoms with van der Waals surface area (Å²) in [7, 11) is 0. The highest BCUT2D eigenvalue weighted by Crippen LogP contribution is 2.26. The van der Waals surface area contributed by atoms with E-state index in [4.69, 9.17) is 20.4 Å². The predicted molar refractivity (Wildman–Crippen MR) is 65.0 cm³/mol. The number of aromatic nitrogens is 1. The molecule has 0 aliphatic carbocycles. The second kappa shape index (κ2) is 4.26. The molecular weight excluding hydrogens is 238 g/mol. The molecule has 3 nitrogen and oxygen atoms in total. The zero-order chi connectivity index (χ0) is 11.7. The Bertz CT molecular complexity index is 582. The molecule has 0 N–H and O–H groups in total. The SMILES string of the molecule is ClC(Cc1nc2ccccc2o1)c1ccco1. The summed E-state index contributed by atoms with van der Waals surface area (Å²) in [4.78, 5) is 4.37. The maximum absolute atomic E-state index is 6.22. The smallest absolute Gasteiger partial charge is 0.197 e. The van der Waals surface area contributed by atoms with Gasteiger partial charge in [0.2, 0.25) is 0 Å². The minimum atomic E-state index is -0.252. The molecule has 0 saturated heterocycles. The van der Waals surface area contributed by atoms with Crippen molar-refractivity contribution in [3.8, 4) is 0 Å². The number of halogens is 1. The first-order valence-electron chi connectivity index (χ1n) is 5.35. The fraction of sp³-hybridized carbons (Fsp3) is 0.154. The Balaban J connectivity index is 1.85. The average Bonchev–Trinajstić information content (AvgIpc) is 2.97. The highest BCUT2D eigenvalue weighted by atomic mass is 35.5. The standard InChI is InChI=1S/C13H10ClNO2/c14-9(11-6-3-7-16-11)8-13-15-10-4-1-2-5-12(10)17-13/h1-7,9H,8H2. The number of fused-ring (bicyclic) bond motifs is 1. The molecule has 1 unspecified atom stereocenters. The van der Waals surface area contributed by atoms with E-state index < -0.39 is 0 Å². The van der Waals surface area contributed by atoms with Crippen molar-refractivity contribution in [2.24, 2.45) is 0 Å². The van der Waals surface area contributed by atoms with Gasteiger partial charge >= 0.3 is 0 Å². The van der Waals surface area contributed by atoms with Crippen molar-refractivity contribution in [1.29, 1.82) is 0 Å². The normalized spacial score (nSPS) is 13.0. The van der Waals surface area contributed by atoms with Crippen LogP contribution in [-0.4, -0.2) is 4.98 Å². The van der Waals surface area contributed by atoms with E-state index in [0.717, 1.165) is 16.9 Å². The van der Waals surface area contributed by atoms with Gasteiger partial charge in [-0.2, -0.15) is 0 Å². The number of hydrogen-bond donors (Lipinski definition) is 0. The first kappa shape index (κ1) is 10.4. The van der Waals surface area contributed by atoms with Crippen LogP contribution in [0.5, 0.6) is 0 Å². The summed E-state index contributed by atoms with van der Waals surface area (Å²) in [5, 5.41) is -0.252. The number of furan rings is 1. The van der Waals surface area contributed by atoms with Gasteiger partial charge in [0.05, 0.1) is 6.26 Å². The highest BCUT2D eigenvalue weighted by Gasteiger charge is 2.15. The van der Waals surface area contributed by atoms with Crippen LogP contribution in [0.4, 0.5) is 0 Å². The molecule has 0 bridgehead atoms. The van der Waals surface area contributed by atoms with Crippen molar-refractivity contribution < 1.29 is 8.83 Å². The number of benzene rings is 1. The molecule has 0 amide bonds. The molecule has 86 valence electrons. The highest BCUT2D eigenvalue weighted by molar-refractivity contribution is 6.20. The zero-order valence-corrected chi connectivity index (χ0v) is 9.72. The van der Waals surface area contributed by atoms with E-state index in [9.17, 15) is 0 Å². The third-order valence-electron chi connectivity index (χ3n) is 2.54. The van der Waals surface area contributed by atoms with E-state index in [1.807, 2.05) is 36.4 Å². The predicted octanol–water partition coefficient (Wildman–Crippen LogP) is 3.94. The van der Waals surface area contributed by atoms with Crippen molar-refractivity contribution in [3.63, 3.8) is 0 Å². The Morgan fingerprint density at radius 2 is 2.06 bits per heavy atom. The molecule has 0 fully saturated rings. The van der Waals surface area contributed by atoms with E-state index in [1.54, 1.807) is 6.26 Å². The molecule has 3 aromatic rings. The summed E-state index contributed by atoms with van der Waals surface area (Å²) >= 11 is 6.22. The van der Waals surface area contributed by atoms with Crippen molar-refractivity contribution >= 4 is 22.7 Å². The van der Waals surface area contributed by atoms with Crippen molar-refractivity contribution in [1.82, 2.24) is 4.98 Å². The van der Waals surface area contributed by atoms with Crippen LogP contribution in [0, 0.1) is 0 Å². The second-order valence-electron chi connectivity index (χ2n) is 3.76. The number of nitrogens with zero attached hydrogens (tertiary/aromatic N) is 1. The zero-order valence-electron chi connectivity index (χ0n) is 8.97. The van der Waals surface area contributed by atoms with Crippen molar-refractivity contribution in [3.05, 3.63) is 54.3 Å². The van der Waals surface area contributed by atoms with Gasteiger partial charge in [-0.1, -0.05) is 12.1 Å². The molecule has 3 rings (SSSR count). The first-order chi connectivity index (χ1) is 8.33. The Hall–Kier alpha value is -1.74. The molecule has 0 saturated carbocycles. The lowest BCUT2D eigenvalue weighted by molar-refractivity contribution is 0.473. The lowest BCUT2D eigenvalue weighted by Gasteiger charge is -2.01. The van der Waals surface area contributed by atoms with Gasteiger partial charge in [-0.05, 0) is 24.3 Å². The average molecular weight is 248 g/mol. The largest absolute Gasteiger partial charge is 0.468 e. The van der Waals surface area contributed by atoms with Crippen LogP contribution in [0.3, 0.4) is 0 Å². The van der Waals surface area contributed by atoms with Gasteiger partial charge < -0.3 is 8.83 Å². The number of hydrogen-bond acceptors (Lipinski definition) is 3. The molecule has 2 aromatic heterocycles. The summed E-state index contributed by atoms with van der Waals surface area (Å²) in [6.45, 7) is 0. The fourth-order valence-corrected chi connectivity index (χ4v) is 1.99. The minimum Gasteiger partial charge on any atom is -0.468 e. The molecule has 17 heavy (non-hydrogen) atoms. The van der Waals surface area contributed by atoms with E-state index in [2.05, 4.69) is 4.98 Å². The number of rotatable bonds is 3. The van der Waals surface area contributed by atoms with E-state index in [1.165, 1.54) is 0 Å². The van der Waals surface area contributed by atoms with Gasteiger partial charge in [0.1, 0.15) is 16.7 Å². The maximum atomic E-state index is 6.22. The van der Waals surface area contributed by atoms with Gasteiger partial charge in [-0.25, -0.2) is 4.98 Å². The summed E-state index contributed by atoms with van der Waals surface area (Å²) in [6, 6.07) is 11.3.